The van der Waals surface area contributed by atoms with Gasteiger partial charge in [-0.25, -0.2) is 4.98 Å². The number of carbonyl (C=O) groups is 1. The molecular formula is C20H27N3O2. The average molecular weight is 341 g/mol. The van der Waals surface area contributed by atoms with Gasteiger partial charge in [-0.1, -0.05) is 32.1 Å². The van der Waals surface area contributed by atoms with Gasteiger partial charge in [-0.05, 0) is 23.6 Å². The fourth-order valence-electron chi connectivity index (χ4n) is 2.62. The van der Waals surface area contributed by atoms with Gasteiger partial charge in [0.05, 0.1) is 13.7 Å². The highest BCUT2D eigenvalue weighted by atomic mass is 16.5. The van der Waals surface area contributed by atoms with E-state index in [-0.39, 0.29) is 5.91 Å². The summed E-state index contributed by atoms with van der Waals surface area (Å²) in [5, 5.41) is 0. The third-order valence-corrected chi connectivity index (χ3v) is 3.93. The van der Waals surface area contributed by atoms with Crippen LogP contribution in [0.4, 0.5) is 0 Å². The largest absolute Gasteiger partial charge is 0.497 e. The molecule has 5 nitrogen and oxygen atoms in total. The van der Waals surface area contributed by atoms with Crippen molar-refractivity contribution in [3.63, 3.8) is 0 Å². The molecule has 0 aliphatic heterocycles. The minimum atomic E-state index is 0.133. The lowest BCUT2D eigenvalue weighted by Gasteiger charge is -2.22. The van der Waals surface area contributed by atoms with E-state index in [4.69, 9.17) is 4.74 Å². The molecule has 1 amide bonds. The topological polar surface area (TPSA) is 47.4 Å². The lowest BCUT2D eigenvalue weighted by atomic mass is 10.1. The van der Waals surface area contributed by atoms with Crippen molar-refractivity contribution in [2.45, 2.75) is 33.4 Å². The summed E-state index contributed by atoms with van der Waals surface area (Å²) in [4.78, 5) is 18.7. The van der Waals surface area contributed by atoms with Crippen molar-refractivity contribution < 1.29 is 9.53 Å². The number of carbonyl (C=O) groups excluding carboxylic acids is 1. The molecule has 0 radical (unpaired) electrons. The third kappa shape index (κ3) is 5.48. The second kappa shape index (κ2) is 9.06. The van der Waals surface area contributed by atoms with Crippen LogP contribution in [0.2, 0.25) is 0 Å². The number of ether oxygens (including phenoxy) is 1. The lowest BCUT2D eigenvalue weighted by Crippen LogP contribution is -2.32. The molecule has 0 bridgehead atoms. The highest BCUT2D eigenvalue weighted by Gasteiger charge is 2.16. The highest BCUT2D eigenvalue weighted by molar-refractivity contribution is 5.76. The Morgan fingerprint density at radius 1 is 1.36 bits per heavy atom. The summed E-state index contributed by atoms with van der Waals surface area (Å²) < 4.78 is 7.26. The summed E-state index contributed by atoms with van der Waals surface area (Å²) >= 11 is 0. The molecule has 1 aromatic heterocycles. The first-order valence-corrected chi connectivity index (χ1v) is 8.55. The van der Waals surface area contributed by atoms with E-state index >= 15 is 0 Å². The van der Waals surface area contributed by atoms with Crippen molar-refractivity contribution in [3.8, 4) is 5.75 Å². The molecule has 1 aromatic carbocycles. The summed E-state index contributed by atoms with van der Waals surface area (Å²) in [6, 6.07) is 7.96. The van der Waals surface area contributed by atoms with Crippen molar-refractivity contribution in [1.29, 1.82) is 0 Å². The van der Waals surface area contributed by atoms with E-state index in [1.54, 1.807) is 24.3 Å². The maximum absolute atomic E-state index is 12.4. The summed E-state index contributed by atoms with van der Waals surface area (Å²) in [7, 11) is 1.66. The van der Waals surface area contributed by atoms with Crippen LogP contribution >= 0.6 is 0 Å². The monoisotopic (exact) mass is 341 g/mol. The molecule has 2 rings (SSSR count). The summed E-state index contributed by atoms with van der Waals surface area (Å²) in [6.45, 7) is 9.59. The first-order chi connectivity index (χ1) is 12.0. The van der Waals surface area contributed by atoms with E-state index in [2.05, 4.69) is 30.0 Å². The Balaban J connectivity index is 2.10. The Hall–Kier alpha value is -2.56. The van der Waals surface area contributed by atoms with Crippen LogP contribution in [0, 0.1) is 5.92 Å². The van der Waals surface area contributed by atoms with Gasteiger partial charge in [0, 0.05) is 31.9 Å². The number of methoxy groups -OCH3 is 1. The second-order valence-corrected chi connectivity index (χ2v) is 6.48. The van der Waals surface area contributed by atoms with E-state index in [0.717, 1.165) is 17.1 Å². The second-order valence-electron chi connectivity index (χ2n) is 6.48. The fraction of sp³-hybridized carbons (Fsp3) is 0.400. The van der Waals surface area contributed by atoms with E-state index in [9.17, 15) is 4.79 Å². The molecule has 5 heteroatoms. The van der Waals surface area contributed by atoms with Gasteiger partial charge < -0.3 is 14.2 Å². The molecule has 134 valence electrons. The summed E-state index contributed by atoms with van der Waals surface area (Å²) in [6.07, 6.45) is 6.01. The molecule has 0 saturated heterocycles. The Morgan fingerprint density at radius 2 is 2.08 bits per heavy atom. The van der Waals surface area contributed by atoms with Crippen molar-refractivity contribution in [3.05, 3.63) is 60.7 Å². The first kappa shape index (κ1) is 18.8. The predicted molar refractivity (Wildman–Crippen MR) is 99.4 cm³/mol. The van der Waals surface area contributed by atoms with Crippen molar-refractivity contribution in [2.75, 3.05) is 13.7 Å². The van der Waals surface area contributed by atoms with Gasteiger partial charge in [-0.3, -0.25) is 4.79 Å². The van der Waals surface area contributed by atoms with Crippen LogP contribution < -0.4 is 4.74 Å². The minimum Gasteiger partial charge on any atom is -0.497 e. The highest BCUT2D eigenvalue weighted by Crippen LogP contribution is 2.14. The molecule has 0 saturated carbocycles. The molecule has 0 spiro atoms. The lowest BCUT2D eigenvalue weighted by molar-refractivity contribution is -0.132. The average Bonchev–Trinajstić information content (AvgIpc) is 3.01. The summed E-state index contributed by atoms with van der Waals surface area (Å²) in [5.74, 6) is 2.17. The molecule has 0 aliphatic rings. The Bertz CT molecular complexity index is 689. The van der Waals surface area contributed by atoms with Gasteiger partial charge >= 0.3 is 0 Å². The number of rotatable bonds is 9. The molecular weight excluding hydrogens is 314 g/mol. The zero-order valence-corrected chi connectivity index (χ0v) is 15.3. The van der Waals surface area contributed by atoms with Crippen LogP contribution in [0.3, 0.4) is 0 Å². The van der Waals surface area contributed by atoms with E-state index in [1.165, 1.54) is 0 Å². The molecule has 25 heavy (non-hydrogen) atoms. The zero-order chi connectivity index (χ0) is 18.2. The number of hydrogen-bond acceptors (Lipinski definition) is 3. The molecule has 0 atom stereocenters. The van der Waals surface area contributed by atoms with Crippen molar-refractivity contribution in [2.24, 2.45) is 5.92 Å². The van der Waals surface area contributed by atoms with Crippen molar-refractivity contribution >= 4 is 5.91 Å². The van der Waals surface area contributed by atoms with Gasteiger partial charge in [0.25, 0.3) is 0 Å². The number of hydrogen-bond donors (Lipinski definition) is 0. The maximum Gasteiger partial charge on any atom is 0.223 e. The van der Waals surface area contributed by atoms with Crippen LogP contribution in [-0.2, 0) is 17.9 Å². The molecule has 0 aliphatic carbocycles. The number of imidazole rings is 1. The van der Waals surface area contributed by atoms with Gasteiger partial charge in [-0.15, -0.1) is 6.58 Å². The normalized spacial score (nSPS) is 10.7. The van der Waals surface area contributed by atoms with E-state index in [1.807, 2.05) is 30.5 Å². The SMILES string of the molecule is C=CCN(Cc1nccn1Cc1ccc(OC)cc1)C(=O)CC(C)C. The minimum absolute atomic E-state index is 0.133. The van der Waals surface area contributed by atoms with Gasteiger partial charge in [-0.2, -0.15) is 0 Å². The number of nitrogens with zero attached hydrogens (tertiary/aromatic N) is 3. The van der Waals surface area contributed by atoms with Gasteiger partial charge in [0.15, 0.2) is 0 Å². The molecule has 0 N–H and O–H groups in total. The standard InChI is InChI=1S/C20H27N3O2/c1-5-11-23(20(24)13-16(2)3)15-19-21-10-12-22(19)14-17-6-8-18(25-4)9-7-17/h5-10,12,16H,1,11,13-15H2,2-4H3. The van der Waals surface area contributed by atoms with Crippen LogP contribution in [0.25, 0.3) is 0 Å². The van der Waals surface area contributed by atoms with Gasteiger partial charge in [0.1, 0.15) is 11.6 Å². The van der Waals surface area contributed by atoms with Crippen LogP contribution in [0.1, 0.15) is 31.7 Å². The van der Waals surface area contributed by atoms with Crippen LogP contribution in [0.15, 0.2) is 49.3 Å². The first-order valence-electron chi connectivity index (χ1n) is 8.55. The van der Waals surface area contributed by atoms with E-state index < -0.39 is 0 Å². The zero-order valence-electron chi connectivity index (χ0n) is 15.3. The molecule has 2 aromatic rings. The fourth-order valence-corrected chi connectivity index (χ4v) is 2.62. The smallest absolute Gasteiger partial charge is 0.223 e. The van der Waals surface area contributed by atoms with Crippen molar-refractivity contribution in [1.82, 2.24) is 14.5 Å². The third-order valence-electron chi connectivity index (χ3n) is 3.93. The number of amides is 1. The summed E-state index contributed by atoms with van der Waals surface area (Å²) in [5.41, 5.74) is 1.16. The Labute approximate surface area is 149 Å². The quantitative estimate of drug-likeness (QED) is 0.656. The number of benzene rings is 1. The molecule has 0 fully saturated rings. The van der Waals surface area contributed by atoms with Crippen LogP contribution in [0.5, 0.6) is 5.75 Å². The Kier molecular flexibility index (Phi) is 6.81. The Morgan fingerprint density at radius 3 is 2.68 bits per heavy atom. The maximum atomic E-state index is 12.4. The van der Waals surface area contributed by atoms with Gasteiger partial charge in [0.2, 0.25) is 5.91 Å². The molecule has 0 unspecified atom stereocenters. The predicted octanol–water partition coefficient (Wildman–Crippen LogP) is 3.50. The van der Waals surface area contributed by atoms with Crippen LogP contribution in [-0.4, -0.2) is 34.0 Å². The van der Waals surface area contributed by atoms with E-state index in [0.29, 0.717) is 32.0 Å². The molecule has 1 heterocycles. The number of aromatic nitrogens is 2.